The first-order chi connectivity index (χ1) is 6.02. The Morgan fingerprint density at radius 2 is 2.23 bits per heavy atom. The van der Waals surface area contributed by atoms with Crippen LogP contribution in [-0.2, 0) is 4.79 Å². The number of rotatable bonds is 3. The molecule has 0 saturated heterocycles. The van der Waals surface area contributed by atoms with Gasteiger partial charge in [-0.05, 0) is 13.8 Å². The monoisotopic (exact) mass is 183 g/mol. The van der Waals surface area contributed by atoms with Crippen molar-refractivity contribution in [3.8, 4) is 0 Å². The first-order valence-corrected chi connectivity index (χ1v) is 3.68. The Morgan fingerprint density at radius 1 is 1.62 bits per heavy atom. The predicted molar refractivity (Wildman–Crippen MR) is 42.4 cm³/mol. The molecule has 6 heteroatoms. The summed E-state index contributed by atoms with van der Waals surface area (Å²) in [5.41, 5.74) is -0.159. The third kappa shape index (κ3) is 1.90. The maximum Gasteiger partial charge on any atom is 0.358 e. The van der Waals surface area contributed by atoms with Gasteiger partial charge in [-0.15, -0.1) is 5.10 Å². The van der Waals surface area contributed by atoms with Gasteiger partial charge in [0, 0.05) is 0 Å². The molecule has 0 aliphatic carbocycles. The van der Waals surface area contributed by atoms with Gasteiger partial charge in [-0.25, -0.2) is 9.48 Å². The van der Waals surface area contributed by atoms with Crippen LogP contribution in [0.1, 0.15) is 30.4 Å². The normalized spacial score (nSPS) is 12.5. The Labute approximate surface area is 74.2 Å². The molecule has 70 valence electrons. The van der Waals surface area contributed by atoms with Gasteiger partial charge in [0.25, 0.3) is 0 Å². The van der Waals surface area contributed by atoms with Gasteiger partial charge in [-0.1, -0.05) is 5.21 Å². The smallest absolute Gasteiger partial charge is 0.358 e. The fraction of sp³-hybridized carbons (Fsp3) is 0.429. The lowest BCUT2D eigenvalue weighted by molar-refractivity contribution is -0.119. The summed E-state index contributed by atoms with van der Waals surface area (Å²) in [4.78, 5) is 21.3. The minimum absolute atomic E-state index is 0.0955. The quantitative estimate of drug-likeness (QED) is 0.719. The molecule has 1 unspecified atom stereocenters. The zero-order valence-electron chi connectivity index (χ0n) is 7.26. The van der Waals surface area contributed by atoms with Crippen molar-refractivity contribution in [3.05, 3.63) is 11.9 Å². The third-order valence-corrected chi connectivity index (χ3v) is 1.71. The number of hydrogen-bond acceptors (Lipinski definition) is 4. The number of nitrogens with zero attached hydrogens (tertiary/aromatic N) is 3. The SMILES string of the molecule is CC(=O)C(C)n1cc(C(=O)O)nn1. The molecule has 13 heavy (non-hydrogen) atoms. The van der Waals surface area contributed by atoms with Crippen molar-refractivity contribution >= 4 is 11.8 Å². The number of carbonyl (C=O) groups is 2. The van der Waals surface area contributed by atoms with E-state index in [1.165, 1.54) is 17.8 Å². The Bertz CT molecular complexity index is 345. The topological polar surface area (TPSA) is 85.1 Å². The molecule has 1 heterocycles. The summed E-state index contributed by atoms with van der Waals surface area (Å²) in [6, 6.07) is -0.472. The summed E-state index contributed by atoms with van der Waals surface area (Å²) in [6.07, 6.45) is 1.23. The van der Waals surface area contributed by atoms with E-state index in [-0.39, 0.29) is 11.5 Å². The zero-order valence-corrected chi connectivity index (χ0v) is 7.26. The van der Waals surface area contributed by atoms with E-state index in [9.17, 15) is 9.59 Å². The highest BCUT2D eigenvalue weighted by atomic mass is 16.4. The van der Waals surface area contributed by atoms with Crippen LogP contribution in [0.3, 0.4) is 0 Å². The van der Waals surface area contributed by atoms with Crippen molar-refractivity contribution in [2.75, 3.05) is 0 Å². The highest BCUT2D eigenvalue weighted by Gasteiger charge is 2.14. The van der Waals surface area contributed by atoms with Crippen molar-refractivity contribution in [2.45, 2.75) is 19.9 Å². The predicted octanol–water partition coefficient (Wildman–Crippen LogP) is 0.126. The highest BCUT2D eigenvalue weighted by Crippen LogP contribution is 2.05. The van der Waals surface area contributed by atoms with E-state index >= 15 is 0 Å². The van der Waals surface area contributed by atoms with E-state index in [0.29, 0.717) is 0 Å². The highest BCUT2D eigenvalue weighted by molar-refractivity contribution is 5.85. The van der Waals surface area contributed by atoms with E-state index in [0.717, 1.165) is 0 Å². The number of hydrogen-bond donors (Lipinski definition) is 1. The van der Waals surface area contributed by atoms with Crippen molar-refractivity contribution in [2.24, 2.45) is 0 Å². The first kappa shape index (κ1) is 9.37. The Hall–Kier alpha value is -1.72. The van der Waals surface area contributed by atoms with Crippen molar-refractivity contribution < 1.29 is 14.7 Å². The third-order valence-electron chi connectivity index (χ3n) is 1.71. The molecule has 0 aromatic carbocycles. The number of aromatic carboxylic acids is 1. The van der Waals surface area contributed by atoms with Crippen molar-refractivity contribution in [1.29, 1.82) is 0 Å². The van der Waals surface area contributed by atoms with Crippen LogP contribution in [0.4, 0.5) is 0 Å². The second kappa shape index (κ2) is 3.34. The Morgan fingerprint density at radius 3 is 2.62 bits per heavy atom. The Kier molecular flexibility index (Phi) is 2.41. The van der Waals surface area contributed by atoms with Crippen LogP contribution in [-0.4, -0.2) is 31.9 Å². The molecule has 6 nitrogen and oxygen atoms in total. The minimum Gasteiger partial charge on any atom is -0.476 e. The summed E-state index contributed by atoms with van der Waals surface area (Å²) in [5, 5.41) is 15.4. The lowest BCUT2D eigenvalue weighted by Gasteiger charge is -2.04. The number of Topliss-reactive ketones (excluding diaryl/α,β-unsaturated/α-hetero) is 1. The first-order valence-electron chi connectivity index (χ1n) is 3.68. The average Bonchev–Trinajstić information content (AvgIpc) is 2.50. The maximum atomic E-state index is 10.9. The van der Waals surface area contributed by atoms with E-state index < -0.39 is 12.0 Å². The van der Waals surface area contributed by atoms with Gasteiger partial charge in [0.2, 0.25) is 0 Å². The molecule has 0 spiro atoms. The summed E-state index contributed by atoms with van der Waals surface area (Å²) < 4.78 is 1.23. The molecule has 0 aliphatic rings. The van der Waals surface area contributed by atoms with Gasteiger partial charge in [0.1, 0.15) is 6.04 Å². The van der Waals surface area contributed by atoms with Crippen LogP contribution >= 0.6 is 0 Å². The molecule has 1 N–H and O–H groups in total. The lowest BCUT2D eigenvalue weighted by Crippen LogP contribution is -2.13. The Balaban J connectivity index is 2.91. The molecule has 1 aromatic rings. The number of ketones is 1. The number of aromatic nitrogens is 3. The molecule has 0 aliphatic heterocycles. The van der Waals surface area contributed by atoms with E-state index in [4.69, 9.17) is 5.11 Å². The van der Waals surface area contributed by atoms with E-state index in [1.54, 1.807) is 6.92 Å². The molecule has 0 radical (unpaired) electrons. The standard InChI is InChI=1S/C7H9N3O3/c1-4(5(2)11)10-3-6(7(12)13)8-9-10/h3-4H,1-2H3,(H,12,13). The number of carbonyl (C=O) groups excluding carboxylic acids is 1. The van der Waals surface area contributed by atoms with Gasteiger partial charge >= 0.3 is 5.97 Å². The average molecular weight is 183 g/mol. The second-order valence-electron chi connectivity index (χ2n) is 2.68. The number of carboxylic acid groups (broad SMARTS) is 1. The fourth-order valence-electron chi connectivity index (χ4n) is 0.750. The zero-order chi connectivity index (χ0) is 10.0. The van der Waals surface area contributed by atoms with Gasteiger partial charge in [0.15, 0.2) is 11.5 Å². The maximum absolute atomic E-state index is 10.9. The minimum atomic E-state index is -1.15. The van der Waals surface area contributed by atoms with Crippen molar-refractivity contribution in [3.63, 3.8) is 0 Å². The van der Waals surface area contributed by atoms with Crippen LogP contribution in [0.5, 0.6) is 0 Å². The summed E-state index contributed by atoms with van der Waals surface area (Å²) in [7, 11) is 0. The van der Waals surface area contributed by atoms with Gasteiger partial charge in [-0.2, -0.15) is 0 Å². The van der Waals surface area contributed by atoms with Crippen LogP contribution in [0.25, 0.3) is 0 Å². The molecule has 0 amide bonds. The van der Waals surface area contributed by atoms with Gasteiger partial charge in [0.05, 0.1) is 6.20 Å². The summed E-state index contributed by atoms with van der Waals surface area (Å²) in [5.74, 6) is -1.25. The van der Waals surface area contributed by atoms with E-state index in [1.807, 2.05) is 0 Å². The van der Waals surface area contributed by atoms with Crippen LogP contribution in [0, 0.1) is 0 Å². The van der Waals surface area contributed by atoms with E-state index in [2.05, 4.69) is 10.3 Å². The summed E-state index contributed by atoms with van der Waals surface area (Å²) >= 11 is 0. The lowest BCUT2D eigenvalue weighted by atomic mass is 10.2. The molecule has 1 atom stereocenters. The largest absolute Gasteiger partial charge is 0.476 e. The summed E-state index contributed by atoms with van der Waals surface area (Å²) in [6.45, 7) is 3.04. The second-order valence-corrected chi connectivity index (χ2v) is 2.68. The molecule has 1 rings (SSSR count). The van der Waals surface area contributed by atoms with Crippen LogP contribution < -0.4 is 0 Å². The molecular weight excluding hydrogens is 174 g/mol. The molecule has 1 aromatic heterocycles. The number of carboxylic acids is 1. The molecule has 0 bridgehead atoms. The molecule has 0 fully saturated rings. The van der Waals surface area contributed by atoms with Crippen molar-refractivity contribution in [1.82, 2.24) is 15.0 Å². The molecular formula is C7H9N3O3. The van der Waals surface area contributed by atoms with Crippen LogP contribution in [0.2, 0.25) is 0 Å². The van der Waals surface area contributed by atoms with Gasteiger partial charge in [-0.3, -0.25) is 4.79 Å². The fourth-order valence-corrected chi connectivity index (χ4v) is 0.750. The van der Waals surface area contributed by atoms with Gasteiger partial charge < -0.3 is 5.11 Å². The molecule has 0 saturated carbocycles. The van der Waals surface area contributed by atoms with Crippen LogP contribution in [0.15, 0.2) is 6.20 Å².